The average Bonchev–Trinajstić information content (AvgIpc) is 3.04. The van der Waals surface area contributed by atoms with Crippen molar-refractivity contribution < 1.29 is 9.26 Å². The van der Waals surface area contributed by atoms with Crippen molar-refractivity contribution in [3.05, 3.63) is 30.2 Å². The Labute approximate surface area is 148 Å². The first-order valence-corrected chi connectivity index (χ1v) is 8.12. The van der Waals surface area contributed by atoms with Gasteiger partial charge in [0.1, 0.15) is 5.75 Å². The molecule has 0 saturated carbocycles. The lowest BCUT2D eigenvalue weighted by atomic mass is 9.91. The highest BCUT2D eigenvalue weighted by molar-refractivity contribution is 5.85. The van der Waals surface area contributed by atoms with Gasteiger partial charge in [-0.25, -0.2) is 0 Å². The third-order valence-corrected chi connectivity index (χ3v) is 4.63. The van der Waals surface area contributed by atoms with Crippen LogP contribution in [0.15, 0.2) is 28.8 Å². The van der Waals surface area contributed by atoms with Crippen molar-refractivity contribution >= 4 is 12.4 Å². The van der Waals surface area contributed by atoms with E-state index in [9.17, 15) is 0 Å². The summed E-state index contributed by atoms with van der Waals surface area (Å²) in [5.74, 6) is 2.67. The first-order valence-electron chi connectivity index (χ1n) is 8.12. The van der Waals surface area contributed by atoms with Gasteiger partial charge in [-0.15, -0.1) is 12.4 Å². The van der Waals surface area contributed by atoms with Gasteiger partial charge in [0.05, 0.1) is 13.7 Å². The summed E-state index contributed by atoms with van der Waals surface area (Å²) in [6.07, 6.45) is 2.43. The largest absolute Gasteiger partial charge is 0.497 e. The molecule has 6 nitrogen and oxygen atoms in total. The number of piperidine rings is 1. The summed E-state index contributed by atoms with van der Waals surface area (Å²) >= 11 is 0. The number of halogens is 1. The number of ether oxygens (including phenoxy) is 1. The van der Waals surface area contributed by atoms with Gasteiger partial charge in [0.15, 0.2) is 0 Å². The monoisotopic (exact) mass is 352 g/mol. The van der Waals surface area contributed by atoms with Crippen LogP contribution in [0.3, 0.4) is 0 Å². The summed E-state index contributed by atoms with van der Waals surface area (Å²) in [6, 6.07) is 8.03. The molecule has 0 bridgehead atoms. The first kappa shape index (κ1) is 18.7. The molecule has 1 fully saturated rings. The number of nitrogens with zero attached hydrogens (tertiary/aromatic N) is 3. The maximum Gasteiger partial charge on any atom is 0.241 e. The van der Waals surface area contributed by atoms with Crippen LogP contribution in [0.25, 0.3) is 11.4 Å². The Bertz CT molecular complexity index is 632. The van der Waals surface area contributed by atoms with Crippen molar-refractivity contribution in [2.45, 2.75) is 32.4 Å². The zero-order valence-corrected chi connectivity index (χ0v) is 15.0. The van der Waals surface area contributed by atoms with E-state index in [2.05, 4.69) is 22.0 Å². The van der Waals surface area contributed by atoms with E-state index < -0.39 is 0 Å². The Balaban J connectivity index is 0.00000208. The van der Waals surface area contributed by atoms with Crippen LogP contribution in [-0.2, 0) is 6.54 Å². The number of hydrogen-bond acceptors (Lipinski definition) is 6. The minimum absolute atomic E-state index is 0. The SMILES string of the molecule is COc1ccc(-c2noc(CN3CCCC(C)C3CN)n2)cc1.Cl. The zero-order chi connectivity index (χ0) is 16.2. The van der Waals surface area contributed by atoms with Crippen LogP contribution >= 0.6 is 12.4 Å². The highest BCUT2D eigenvalue weighted by Crippen LogP contribution is 2.25. The number of nitrogens with two attached hydrogens (primary N) is 1. The fourth-order valence-electron chi connectivity index (χ4n) is 3.26. The van der Waals surface area contributed by atoms with Crippen molar-refractivity contribution in [1.29, 1.82) is 0 Å². The number of methoxy groups -OCH3 is 1. The molecular weight excluding hydrogens is 328 g/mol. The summed E-state index contributed by atoms with van der Waals surface area (Å²) in [5.41, 5.74) is 6.86. The van der Waals surface area contributed by atoms with Crippen LogP contribution in [-0.4, -0.2) is 41.3 Å². The first-order chi connectivity index (χ1) is 11.2. The molecule has 0 spiro atoms. The normalized spacial score (nSPS) is 21.3. The van der Waals surface area contributed by atoms with Gasteiger partial charge in [-0.2, -0.15) is 4.98 Å². The third kappa shape index (κ3) is 4.06. The van der Waals surface area contributed by atoms with Crippen LogP contribution in [0.2, 0.25) is 0 Å². The van der Waals surface area contributed by atoms with Gasteiger partial charge in [-0.3, -0.25) is 4.90 Å². The third-order valence-electron chi connectivity index (χ3n) is 4.63. The molecule has 2 atom stereocenters. The number of aromatic nitrogens is 2. The average molecular weight is 353 g/mol. The van der Waals surface area contributed by atoms with Gasteiger partial charge in [-0.05, 0) is 49.6 Å². The second-order valence-electron chi connectivity index (χ2n) is 6.13. The Morgan fingerprint density at radius 2 is 2.08 bits per heavy atom. The van der Waals surface area contributed by atoms with Crippen LogP contribution in [0.4, 0.5) is 0 Å². The standard InChI is InChI=1S/C17H24N4O2.ClH/c1-12-4-3-9-21(15(12)10-18)11-16-19-17(20-23-16)13-5-7-14(22-2)8-6-13;/h5-8,12,15H,3-4,9-11,18H2,1-2H3;1H. The molecule has 0 aliphatic carbocycles. The lowest BCUT2D eigenvalue weighted by molar-refractivity contribution is 0.0874. The predicted molar refractivity (Wildman–Crippen MR) is 95.2 cm³/mol. The summed E-state index contributed by atoms with van der Waals surface area (Å²) in [6.45, 7) is 4.63. The van der Waals surface area contributed by atoms with E-state index in [0.29, 0.717) is 36.8 Å². The topological polar surface area (TPSA) is 77.4 Å². The molecule has 0 radical (unpaired) electrons. The predicted octanol–water partition coefficient (Wildman–Crippen LogP) is 2.73. The van der Waals surface area contributed by atoms with E-state index >= 15 is 0 Å². The molecule has 2 unspecified atom stereocenters. The molecule has 24 heavy (non-hydrogen) atoms. The minimum atomic E-state index is 0. The minimum Gasteiger partial charge on any atom is -0.497 e. The highest BCUT2D eigenvalue weighted by atomic mass is 35.5. The maximum atomic E-state index is 5.94. The smallest absolute Gasteiger partial charge is 0.241 e. The molecule has 0 amide bonds. The second-order valence-corrected chi connectivity index (χ2v) is 6.13. The van der Waals surface area contributed by atoms with E-state index in [4.69, 9.17) is 15.0 Å². The van der Waals surface area contributed by atoms with E-state index in [1.807, 2.05) is 24.3 Å². The highest BCUT2D eigenvalue weighted by Gasteiger charge is 2.28. The Morgan fingerprint density at radius 3 is 2.75 bits per heavy atom. The van der Waals surface area contributed by atoms with Crippen molar-refractivity contribution in [3.63, 3.8) is 0 Å². The Kier molecular flexibility index (Phi) is 6.60. The Morgan fingerprint density at radius 1 is 1.33 bits per heavy atom. The van der Waals surface area contributed by atoms with Gasteiger partial charge in [0, 0.05) is 18.2 Å². The van der Waals surface area contributed by atoms with Gasteiger partial charge < -0.3 is 15.0 Å². The van der Waals surface area contributed by atoms with Gasteiger partial charge >= 0.3 is 0 Å². The number of likely N-dealkylation sites (tertiary alicyclic amines) is 1. The lowest BCUT2D eigenvalue weighted by Crippen LogP contribution is -2.48. The van der Waals surface area contributed by atoms with Crippen LogP contribution < -0.4 is 10.5 Å². The summed E-state index contributed by atoms with van der Waals surface area (Å²) in [4.78, 5) is 6.88. The molecule has 2 aromatic rings. The molecule has 7 heteroatoms. The quantitative estimate of drug-likeness (QED) is 0.891. The molecule has 1 aliphatic heterocycles. The molecule has 1 aromatic heterocycles. The van der Waals surface area contributed by atoms with E-state index in [1.165, 1.54) is 12.8 Å². The number of rotatable bonds is 5. The van der Waals surface area contributed by atoms with Crippen molar-refractivity contribution in [2.24, 2.45) is 11.7 Å². The van der Waals surface area contributed by atoms with E-state index in [1.54, 1.807) is 7.11 Å². The van der Waals surface area contributed by atoms with Gasteiger partial charge in [-0.1, -0.05) is 12.1 Å². The summed E-state index contributed by atoms with van der Waals surface area (Å²) < 4.78 is 10.6. The molecular formula is C17H25ClN4O2. The van der Waals surface area contributed by atoms with Crippen molar-refractivity contribution in [2.75, 3.05) is 20.2 Å². The van der Waals surface area contributed by atoms with Crippen molar-refractivity contribution in [3.8, 4) is 17.1 Å². The molecule has 2 heterocycles. The Hall–Kier alpha value is -1.63. The van der Waals surface area contributed by atoms with Crippen LogP contribution in [0.1, 0.15) is 25.7 Å². The zero-order valence-electron chi connectivity index (χ0n) is 14.1. The fraction of sp³-hybridized carbons (Fsp3) is 0.529. The molecule has 2 N–H and O–H groups in total. The maximum absolute atomic E-state index is 5.94. The summed E-state index contributed by atoms with van der Waals surface area (Å²) in [7, 11) is 1.65. The van der Waals surface area contributed by atoms with Crippen LogP contribution in [0.5, 0.6) is 5.75 Å². The lowest BCUT2D eigenvalue weighted by Gasteiger charge is -2.38. The van der Waals surface area contributed by atoms with Crippen LogP contribution in [0, 0.1) is 5.92 Å². The van der Waals surface area contributed by atoms with E-state index in [-0.39, 0.29) is 12.4 Å². The molecule has 1 aromatic carbocycles. The second kappa shape index (κ2) is 8.46. The number of hydrogen-bond donors (Lipinski definition) is 1. The van der Waals surface area contributed by atoms with E-state index in [0.717, 1.165) is 17.9 Å². The van der Waals surface area contributed by atoms with Crippen molar-refractivity contribution in [1.82, 2.24) is 15.0 Å². The molecule has 1 aliphatic rings. The molecule has 132 valence electrons. The van der Waals surface area contributed by atoms with Gasteiger partial charge in [0.25, 0.3) is 0 Å². The number of benzene rings is 1. The molecule has 3 rings (SSSR count). The fourth-order valence-corrected chi connectivity index (χ4v) is 3.26. The summed E-state index contributed by atoms with van der Waals surface area (Å²) in [5, 5.41) is 4.09. The van der Waals surface area contributed by atoms with Gasteiger partial charge in [0.2, 0.25) is 11.7 Å². The molecule has 1 saturated heterocycles.